The van der Waals surface area contributed by atoms with Crippen molar-refractivity contribution in [3.8, 4) is 0 Å². The van der Waals surface area contributed by atoms with Crippen LogP contribution in [-0.2, 0) is 11.3 Å². The Hall–Kier alpha value is -2.10. The first-order valence-electron chi connectivity index (χ1n) is 6.25. The van der Waals surface area contributed by atoms with Gasteiger partial charge in [0.1, 0.15) is 5.60 Å². The number of carbonyl (C=O) groups excluding carboxylic acids is 1. The Morgan fingerprint density at radius 2 is 2.00 bits per heavy atom. The third-order valence-electron chi connectivity index (χ3n) is 2.54. The van der Waals surface area contributed by atoms with E-state index in [2.05, 4.69) is 10.3 Å². The van der Waals surface area contributed by atoms with E-state index in [1.54, 1.807) is 6.20 Å². The molecule has 0 aliphatic heterocycles. The third-order valence-corrected chi connectivity index (χ3v) is 2.54. The highest BCUT2D eigenvalue weighted by atomic mass is 16.6. The number of carbonyl (C=O) groups is 1. The average molecular weight is 258 g/mol. The van der Waals surface area contributed by atoms with Crippen molar-refractivity contribution in [2.45, 2.75) is 32.9 Å². The van der Waals surface area contributed by atoms with E-state index in [1.807, 2.05) is 51.1 Å². The van der Waals surface area contributed by atoms with E-state index < -0.39 is 11.7 Å². The van der Waals surface area contributed by atoms with Gasteiger partial charge in [-0.2, -0.15) is 0 Å². The summed E-state index contributed by atoms with van der Waals surface area (Å²) < 4.78 is 5.20. The molecule has 1 N–H and O–H groups in total. The second kappa shape index (κ2) is 5.26. The third kappa shape index (κ3) is 3.68. The number of amides is 1. The average Bonchev–Trinajstić information content (AvgIpc) is 2.34. The Balaban J connectivity index is 2.08. The van der Waals surface area contributed by atoms with E-state index in [4.69, 9.17) is 4.74 Å². The lowest BCUT2D eigenvalue weighted by atomic mass is 10.1. The van der Waals surface area contributed by atoms with Crippen molar-refractivity contribution in [1.29, 1.82) is 0 Å². The lowest BCUT2D eigenvalue weighted by molar-refractivity contribution is 0.0524. The predicted octanol–water partition coefficient (Wildman–Crippen LogP) is 3.26. The smallest absolute Gasteiger partial charge is 0.407 e. The van der Waals surface area contributed by atoms with Crippen LogP contribution in [0.3, 0.4) is 0 Å². The Morgan fingerprint density at radius 1 is 1.26 bits per heavy atom. The van der Waals surface area contributed by atoms with Crippen molar-refractivity contribution >= 4 is 17.0 Å². The van der Waals surface area contributed by atoms with Gasteiger partial charge in [-0.3, -0.25) is 4.98 Å². The number of pyridine rings is 1. The molecule has 19 heavy (non-hydrogen) atoms. The van der Waals surface area contributed by atoms with Gasteiger partial charge < -0.3 is 10.1 Å². The van der Waals surface area contributed by atoms with Crippen molar-refractivity contribution in [3.05, 3.63) is 42.1 Å². The summed E-state index contributed by atoms with van der Waals surface area (Å²) in [6.07, 6.45) is 1.33. The largest absolute Gasteiger partial charge is 0.444 e. The van der Waals surface area contributed by atoms with Crippen LogP contribution in [0.25, 0.3) is 10.9 Å². The fraction of sp³-hybridized carbons (Fsp3) is 0.333. The highest BCUT2D eigenvalue weighted by Crippen LogP contribution is 2.15. The van der Waals surface area contributed by atoms with E-state index in [0.29, 0.717) is 6.54 Å². The van der Waals surface area contributed by atoms with Crippen molar-refractivity contribution in [1.82, 2.24) is 10.3 Å². The first kappa shape index (κ1) is 13.3. The topological polar surface area (TPSA) is 51.2 Å². The molecular formula is C15H18N2O2. The number of nitrogens with one attached hydrogen (secondary N) is 1. The van der Waals surface area contributed by atoms with Crippen LogP contribution in [0.2, 0.25) is 0 Å². The Kier molecular flexibility index (Phi) is 3.69. The minimum atomic E-state index is -0.485. The van der Waals surface area contributed by atoms with Gasteiger partial charge in [0, 0.05) is 18.1 Å². The molecule has 0 aliphatic rings. The Morgan fingerprint density at radius 3 is 2.74 bits per heavy atom. The number of alkyl carbamates (subject to hydrolysis) is 1. The van der Waals surface area contributed by atoms with Gasteiger partial charge in [-0.25, -0.2) is 4.79 Å². The molecule has 1 aromatic heterocycles. The molecule has 1 heterocycles. The molecular weight excluding hydrogens is 240 g/mol. The molecule has 4 nitrogen and oxygen atoms in total. The van der Waals surface area contributed by atoms with Crippen LogP contribution < -0.4 is 5.32 Å². The van der Waals surface area contributed by atoms with Gasteiger partial charge in [0.2, 0.25) is 0 Å². The fourth-order valence-electron chi connectivity index (χ4n) is 1.79. The van der Waals surface area contributed by atoms with E-state index in [-0.39, 0.29) is 0 Å². The summed E-state index contributed by atoms with van der Waals surface area (Å²) in [6.45, 7) is 5.92. The van der Waals surface area contributed by atoms with Gasteiger partial charge in [0.05, 0.1) is 5.52 Å². The minimum Gasteiger partial charge on any atom is -0.444 e. The minimum absolute atomic E-state index is 0.406. The van der Waals surface area contributed by atoms with Crippen LogP contribution in [0.5, 0.6) is 0 Å². The summed E-state index contributed by atoms with van der Waals surface area (Å²) in [5.41, 5.74) is 1.39. The first-order chi connectivity index (χ1) is 8.96. The van der Waals surface area contributed by atoms with Crippen molar-refractivity contribution in [3.63, 3.8) is 0 Å². The lowest BCUT2D eigenvalue weighted by Gasteiger charge is -2.19. The van der Waals surface area contributed by atoms with Crippen LogP contribution >= 0.6 is 0 Å². The lowest BCUT2D eigenvalue weighted by Crippen LogP contribution is -2.32. The van der Waals surface area contributed by atoms with Crippen LogP contribution in [0.15, 0.2) is 36.5 Å². The van der Waals surface area contributed by atoms with E-state index in [1.165, 1.54) is 0 Å². The van der Waals surface area contributed by atoms with Gasteiger partial charge in [-0.05, 0) is 32.4 Å². The summed E-state index contributed by atoms with van der Waals surface area (Å²) in [5, 5.41) is 3.81. The molecule has 2 rings (SSSR count). The van der Waals surface area contributed by atoms with Gasteiger partial charge in [-0.1, -0.05) is 24.3 Å². The number of ether oxygens (including phenoxy) is 1. The Bertz CT molecular complexity index is 583. The molecule has 2 aromatic rings. The number of hydrogen-bond acceptors (Lipinski definition) is 3. The number of para-hydroxylation sites is 1. The molecule has 1 aromatic carbocycles. The van der Waals surface area contributed by atoms with Crippen molar-refractivity contribution in [2.24, 2.45) is 0 Å². The SMILES string of the molecule is CC(C)(C)OC(=O)NCc1cccc2cccnc12. The zero-order chi connectivity index (χ0) is 13.9. The monoisotopic (exact) mass is 258 g/mol. The highest BCUT2D eigenvalue weighted by Gasteiger charge is 2.15. The molecule has 0 fully saturated rings. The summed E-state index contributed by atoms with van der Waals surface area (Å²) in [7, 11) is 0. The maximum Gasteiger partial charge on any atom is 0.407 e. The standard InChI is InChI=1S/C15H18N2O2/c1-15(2,3)19-14(18)17-10-12-7-4-6-11-8-5-9-16-13(11)12/h4-9H,10H2,1-3H3,(H,17,18). The van der Waals surface area contributed by atoms with Gasteiger partial charge >= 0.3 is 6.09 Å². The van der Waals surface area contributed by atoms with Crippen LogP contribution in [0.4, 0.5) is 4.79 Å². The fourth-order valence-corrected chi connectivity index (χ4v) is 1.79. The number of nitrogens with zero attached hydrogens (tertiary/aromatic N) is 1. The van der Waals surface area contributed by atoms with Crippen LogP contribution in [0, 0.1) is 0 Å². The summed E-state index contributed by atoms with van der Waals surface area (Å²) >= 11 is 0. The number of aromatic nitrogens is 1. The van der Waals surface area contributed by atoms with Gasteiger partial charge in [0.25, 0.3) is 0 Å². The summed E-state index contributed by atoms with van der Waals surface area (Å²) in [6, 6.07) is 9.80. The number of rotatable bonds is 2. The summed E-state index contributed by atoms with van der Waals surface area (Å²) in [5.74, 6) is 0. The molecule has 100 valence electrons. The molecule has 0 atom stereocenters. The second-order valence-electron chi connectivity index (χ2n) is 5.35. The number of benzene rings is 1. The molecule has 0 spiro atoms. The number of fused-ring (bicyclic) bond motifs is 1. The summed E-state index contributed by atoms with van der Waals surface area (Å²) in [4.78, 5) is 16.0. The van der Waals surface area contributed by atoms with Crippen molar-refractivity contribution in [2.75, 3.05) is 0 Å². The predicted molar refractivity (Wildman–Crippen MR) is 74.8 cm³/mol. The first-order valence-corrected chi connectivity index (χ1v) is 6.25. The second-order valence-corrected chi connectivity index (χ2v) is 5.35. The quantitative estimate of drug-likeness (QED) is 0.899. The normalized spacial score (nSPS) is 11.3. The van der Waals surface area contributed by atoms with Crippen molar-refractivity contribution < 1.29 is 9.53 Å². The van der Waals surface area contributed by atoms with Crippen LogP contribution in [-0.4, -0.2) is 16.7 Å². The maximum absolute atomic E-state index is 11.6. The zero-order valence-corrected chi connectivity index (χ0v) is 11.4. The molecule has 0 saturated heterocycles. The molecule has 0 bridgehead atoms. The number of hydrogen-bond donors (Lipinski definition) is 1. The molecule has 4 heteroatoms. The van der Waals surface area contributed by atoms with Gasteiger partial charge in [-0.15, -0.1) is 0 Å². The zero-order valence-electron chi connectivity index (χ0n) is 11.4. The molecule has 1 amide bonds. The van der Waals surface area contributed by atoms with Crippen LogP contribution in [0.1, 0.15) is 26.3 Å². The highest BCUT2D eigenvalue weighted by molar-refractivity contribution is 5.81. The molecule has 0 aliphatic carbocycles. The Labute approximate surface area is 112 Å². The molecule has 0 saturated carbocycles. The van der Waals surface area contributed by atoms with E-state index >= 15 is 0 Å². The molecule has 0 unspecified atom stereocenters. The maximum atomic E-state index is 11.6. The van der Waals surface area contributed by atoms with Gasteiger partial charge in [0.15, 0.2) is 0 Å². The van der Waals surface area contributed by atoms with E-state index in [9.17, 15) is 4.79 Å². The van der Waals surface area contributed by atoms with E-state index in [0.717, 1.165) is 16.5 Å². The molecule has 0 radical (unpaired) electrons.